The van der Waals surface area contributed by atoms with Crippen LogP contribution in [0.4, 0.5) is 4.39 Å². The van der Waals surface area contributed by atoms with Crippen molar-refractivity contribution >= 4 is 11.8 Å². The molecule has 0 saturated carbocycles. The zero-order chi connectivity index (χ0) is 17.5. The van der Waals surface area contributed by atoms with E-state index in [0.29, 0.717) is 17.8 Å². The molecule has 3 nitrogen and oxygen atoms in total. The molecule has 0 bridgehead atoms. The molecule has 0 radical (unpaired) electrons. The zero-order valence-corrected chi connectivity index (χ0v) is 14.6. The first-order chi connectivity index (χ1) is 12.2. The fraction of sp³-hybridized carbons (Fsp3) is 0.200. The summed E-state index contributed by atoms with van der Waals surface area (Å²) in [6, 6.07) is 19.8. The van der Waals surface area contributed by atoms with Gasteiger partial charge in [0.2, 0.25) is 0 Å². The van der Waals surface area contributed by atoms with Crippen LogP contribution < -0.4 is 5.56 Å². The van der Waals surface area contributed by atoms with Gasteiger partial charge >= 0.3 is 0 Å². The molecule has 5 heteroatoms. The summed E-state index contributed by atoms with van der Waals surface area (Å²) in [6.07, 6.45) is 0.838. The maximum absolute atomic E-state index is 13.9. The third-order valence-corrected chi connectivity index (χ3v) is 4.90. The lowest BCUT2D eigenvalue weighted by atomic mass is 10.1. The van der Waals surface area contributed by atoms with E-state index in [-0.39, 0.29) is 11.4 Å². The number of hydrogen-bond donors (Lipinski definition) is 0. The number of aromatic nitrogens is 2. The van der Waals surface area contributed by atoms with Crippen molar-refractivity contribution in [3.05, 3.63) is 88.5 Å². The molecule has 25 heavy (non-hydrogen) atoms. The molecule has 0 aliphatic heterocycles. The molecule has 0 aliphatic carbocycles. The summed E-state index contributed by atoms with van der Waals surface area (Å²) >= 11 is 1.83. The second kappa shape index (κ2) is 8.62. The largest absolute Gasteiger partial charge is 0.268 e. The van der Waals surface area contributed by atoms with Crippen LogP contribution in [-0.2, 0) is 12.3 Å². The first-order valence-electron chi connectivity index (χ1n) is 8.19. The van der Waals surface area contributed by atoms with Crippen molar-refractivity contribution in [3.8, 4) is 11.3 Å². The summed E-state index contributed by atoms with van der Waals surface area (Å²) in [5, 5.41) is 4.31. The number of halogens is 1. The summed E-state index contributed by atoms with van der Waals surface area (Å²) in [6.45, 7) is 0.531. The number of hydrogen-bond acceptors (Lipinski definition) is 3. The zero-order valence-electron chi connectivity index (χ0n) is 13.8. The van der Waals surface area contributed by atoms with Crippen LogP contribution in [0.1, 0.15) is 12.0 Å². The van der Waals surface area contributed by atoms with Crippen LogP contribution in [0.3, 0.4) is 0 Å². The molecular formula is C20H19FN2OS. The second-order valence-corrected chi connectivity index (χ2v) is 6.76. The predicted octanol–water partition coefficient (Wildman–Crippen LogP) is 4.37. The topological polar surface area (TPSA) is 34.9 Å². The Hall–Kier alpha value is -2.40. The van der Waals surface area contributed by atoms with Crippen LogP contribution in [0.2, 0.25) is 0 Å². The van der Waals surface area contributed by atoms with Crippen LogP contribution in [0.5, 0.6) is 0 Å². The van der Waals surface area contributed by atoms with E-state index in [2.05, 4.69) is 17.2 Å². The molecule has 1 heterocycles. The van der Waals surface area contributed by atoms with E-state index < -0.39 is 0 Å². The Morgan fingerprint density at radius 1 is 0.960 bits per heavy atom. The standard InChI is InChI=1S/C20H19FN2OS/c21-18-10-5-4-9-17(18)19-11-12-20(24)23(22-19)13-6-14-25-15-16-7-2-1-3-8-16/h1-5,7-12H,6,13-15H2. The van der Waals surface area contributed by atoms with Gasteiger partial charge in [-0.25, -0.2) is 9.07 Å². The maximum atomic E-state index is 13.9. The molecule has 0 unspecified atom stereocenters. The van der Waals surface area contributed by atoms with Crippen molar-refractivity contribution in [2.24, 2.45) is 0 Å². The first-order valence-corrected chi connectivity index (χ1v) is 9.34. The summed E-state index contributed by atoms with van der Waals surface area (Å²) in [5.41, 5.74) is 2.03. The van der Waals surface area contributed by atoms with E-state index >= 15 is 0 Å². The lowest BCUT2D eigenvalue weighted by Crippen LogP contribution is -2.22. The maximum Gasteiger partial charge on any atom is 0.266 e. The number of benzene rings is 2. The van der Waals surface area contributed by atoms with Crippen LogP contribution in [0, 0.1) is 5.82 Å². The van der Waals surface area contributed by atoms with E-state index in [1.54, 1.807) is 24.3 Å². The van der Waals surface area contributed by atoms with Crippen LogP contribution in [0.15, 0.2) is 71.5 Å². The lowest BCUT2D eigenvalue weighted by molar-refractivity contribution is 0.571. The third kappa shape index (κ3) is 4.79. The van der Waals surface area contributed by atoms with Crippen molar-refractivity contribution in [2.45, 2.75) is 18.7 Å². The van der Waals surface area contributed by atoms with Gasteiger partial charge in [0, 0.05) is 23.9 Å². The number of thioether (sulfide) groups is 1. The minimum absolute atomic E-state index is 0.159. The van der Waals surface area contributed by atoms with Gasteiger partial charge in [0.05, 0.1) is 5.69 Å². The van der Waals surface area contributed by atoms with Gasteiger partial charge in [-0.15, -0.1) is 0 Å². The Morgan fingerprint density at radius 3 is 2.52 bits per heavy atom. The molecule has 0 saturated heterocycles. The summed E-state index contributed by atoms with van der Waals surface area (Å²) in [5.74, 6) is 1.56. The molecule has 0 N–H and O–H groups in total. The molecule has 0 atom stereocenters. The van der Waals surface area contributed by atoms with Gasteiger partial charge in [-0.05, 0) is 35.9 Å². The third-order valence-electron chi connectivity index (χ3n) is 3.79. The number of nitrogens with zero attached hydrogens (tertiary/aromatic N) is 2. The van der Waals surface area contributed by atoms with Crippen LogP contribution in [0.25, 0.3) is 11.3 Å². The molecule has 0 spiro atoms. The fourth-order valence-corrected chi connectivity index (χ4v) is 3.41. The highest BCUT2D eigenvalue weighted by Gasteiger charge is 2.07. The SMILES string of the molecule is O=c1ccc(-c2ccccc2F)nn1CCCSCc1ccccc1. The quantitative estimate of drug-likeness (QED) is 0.591. The Labute approximate surface area is 150 Å². The molecule has 1 aromatic heterocycles. The molecule has 3 aromatic rings. The molecular weight excluding hydrogens is 335 g/mol. The van der Waals surface area contributed by atoms with Crippen molar-refractivity contribution < 1.29 is 4.39 Å². The monoisotopic (exact) mass is 354 g/mol. The highest BCUT2D eigenvalue weighted by Crippen LogP contribution is 2.19. The van der Waals surface area contributed by atoms with Crippen molar-refractivity contribution in [3.63, 3.8) is 0 Å². The summed E-state index contributed by atoms with van der Waals surface area (Å²) < 4.78 is 15.3. The minimum atomic E-state index is -0.335. The average Bonchev–Trinajstić information content (AvgIpc) is 2.64. The van der Waals surface area contributed by atoms with E-state index in [4.69, 9.17) is 0 Å². The highest BCUT2D eigenvalue weighted by atomic mass is 32.2. The molecule has 2 aromatic carbocycles. The van der Waals surface area contributed by atoms with Gasteiger partial charge in [-0.1, -0.05) is 42.5 Å². The first kappa shape index (κ1) is 17.4. The predicted molar refractivity (Wildman–Crippen MR) is 101 cm³/mol. The lowest BCUT2D eigenvalue weighted by Gasteiger charge is -2.08. The average molecular weight is 354 g/mol. The van der Waals surface area contributed by atoms with Gasteiger partial charge < -0.3 is 0 Å². The van der Waals surface area contributed by atoms with Crippen molar-refractivity contribution in [2.75, 3.05) is 5.75 Å². The van der Waals surface area contributed by atoms with E-state index in [1.807, 2.05) is 30.0 Å². The molecule has 3 rings (SSSR count). The highest BCUT2D eigenvalue weighted by molar-refractivity contribution is 7.98. The Bertz CT molecular complexity index is 880. The number of rotatable bonds is 7. The smallest absolute Gasteiger partial charge is 0.266 e. The number of aryl methyl sites for hydroxylation is 1. The fourth-order valence-electron chi connectivity index (χ4n) is 2.50. The van der Waals surface area contributed by atoms with Gasteiger partial charge in [0.15, 0.2) is 0 Å². The molecule has 128 valence electrons. The summed E-state index contributed by atoms with van der Waals surface area (Å²) in [7, 11) is 0. The normalized spacial score (nSPS) is 10.8. The van der Waals surface area contributed by atoms with Gasteiger partial charge in [-0.2, -0.15) is 16.9 Å². The van der Waals surface area contributed by atoms with E-state index in [1.165, 1.54) is 22.4 Å². The van der Waals surface area contributed by atoms with Crippen LogP contribution >= 0.6 is 11.8 Å². The second-order valence-electron chi connectivity index (χ2n) is 5.65. The Kier molecular flexibility index (Phi) is 6.01. The Morgan fingerprint density at radius 2 is 1.72 bits per heavy atom. The molecule has 0 aliphatic rings. The van der Waals surface area contributed by atoms with Gasteiger partial charge in [-0.3, -0.25) is 4.79 Å². The minimum Gasteiger partial charge on any atom is -0.268 e. The molecule has 0 amide bonds. The van der Waals surface area contributed by atoms with E-state index in [0.717, 1.165) is 17.9 Å². The van der Waals surface area contributed by atoms with E-state index in [9.17, 15) is 9.18 Å². The van der Waals surface area contributed by atoms with Gasteiger partial charge in [0.25, 0.3) is 5.56 Å². The molecule has 0 fully saturated rings. The van der Waals surface area contributed by atoms with Crippen LogP contribution in [-0.4, -0.2) is 15.5 Å². The summed E-state index contributed by atoms with van der Waals surface area (Å²) in [4.78, 5) is 12.0. The van der Waals surface area contributed by atoms with Crippen molar-refractivity contribution in [1.82, 2.24) is 9.78 Å². The van der Waals surface area contributed by atoms with Crippen molar-refractivity contribution in [1.29, 1.82) is 0 Å². The Balaban J connectivity index is 1.58. The van der Waals surface area contributed by atoms with Gasteiger partial charge in [0.1, 0.15) is 5.82 Å².